The molecule has 0 aromatic carbocycles. The lowest BCUT2D eigenvalue weighted by atomic mass is 10.2. The maximum atomic E-state index is 10.0. The highest BCUT2D eigenvalue weighted by Gasteiger charge is 1.96. The zero-order valence-corrected chi connectivity index (χ0v) is 7.20. The van der Waals surface area contributed by atoms with E-state index in [4.69, 9.17) is 6.42 Å². The van der Waals surface area contributed by atoms with E-state index in [1.54, 1.807) is 26.0 Å². The highest BCUT2D eigenvalue weighted by atomic mass is 16.6. The van der Waals surface area contributed by atoms with Gasteiger partial charge in [0.1, 0.15) is 0 Å². The van der Waals surface area contributed by atoms with Gasteiger partial charge in [-0.1, -0.05) is 18.1 Å². The van der Waals surface area contributed by atoms with Crippen LogP contribution in [0.25, 0.3) is 0 Å². The van der Waals surface area contributed by atoms with Crippen molar-refractivity contribution in [3.05, 3.63) is 33.4 Å². The molecule has 12 heavy (non-hydrogen) atoms. The molecule has 0 aliphatic heterocycles. The van der Waals surface area contributed by atoms with Gasteiger partial charge < -0.3 is 0 Å². The predicted octanol–water partition coefficient (Wildman–Crippen LogP) is 1.79. The summed E-state index contributed by atoms with van der Waals surface area (Å²) in [4.78, 5) is 9.66. The van der Waals surface area contributed by atoms with Crippen LogP contribution in [-0.4, -0.2) is 11.5 Å². The van der Waals surface area contributed by atoms with Crippen molar-refractivity contribution < 1.29 is 4.92 Å². The summed E-state index contributed by atoms with van der Waals surface area (Å²) >= 11 is 0. The van der Waals surface area contributed by atoms with Crippen LogP contribution >= 0.6 is 0 Å². The molecule has 3 nitrogen and oxygen atoms in total. The number of nitrogens with zero attached hydrogens (tertiary/aromatic N) is 1. The van der Waals surface area contributed by atoms with E-state index in [1.165, 1.54) is 0 Å². The Hall–Kier alpha value is -1.56. The van der Waals surface area contributed by atoms with E-state index < -0.39 is 0 Å². The van der Waals surface area contributed by atoms with Crippen LogP contribution in [0.2, 0.25) is 0 Å². The second-order valence-corrected chi connectivity index (χ2v) is 2.50. The lowest BCUT2D eigenvalue weighted by Crippen LogP contribution is -2.00. The van der Waals surface area contributed by atoms with E-state index in [2.05, 4.69) is 5.92 Å². The number of hydrogen-bond donors (Lipinski definition) is 0. The third kappa shape index (κ3) is 5.24. The summed E-state index contributed by atoms with van der Waals surface area (Å²) < 4.78 is 0. The molecule has 0 atom stereocenters. The minimum atomic E-state index is -0.370. The van der Waals surface area contributed by atoms with E-state index in [0.29, 0.717) is 5.57 Å². The van der Waals surface area contributed by atoms with Gasteiger partial charge in [0, 0.05) is 4.92 Å². The first kappa shape index (κ1) is 10.4. The molecular formula is C9H11NO2. The molecule has 0 N–H and O–H groups in total. The minimum Gasteiger partial charge on any atom is -0.264 e. The summed E-state index contributed by atoms with van der Waals surface area (Å²) in [6.45, 7) is 3.34. The molecule has 0 fully saturated rings. The van der Waals surface area contributed by atoms with Gasteiger partial charge in [0.25, 0.3) is 0 Å². The minimum absolute atomic E-state index is 0.131. The monoisotopic (exact) mass is 165 g/mol. The van der Waals surface area contributed by atoms with E-state index in [1.807, 2.05) is 0 Å². The fourth-order valence-electron chi connectivity index (χ4n) is 0.572. The molecule has 0 saturated carbocycles. The lowest BCUT2D eigenvalue weighted by Gasteiger charge is -1.90. The Labute approximate surface area is 71.9 Å². The Morgan fingerprint density at radius 1 is 1.58 bits per heavy atom. The van der Waals surface area contributed by atoms with Crippen LogP contribution in [0.1, 0.15) is 13.8 Å². The summed E-state index contributed by atoms with van der Waals surface area (Å²) in [5.74, 6) is 2.42. The number of hydrogen-bond acceptors (Lipinski definition) is 2. The Kier molecular flexibility index (Phi) is 4.47. The van der Waals surface area contributed by atoms with Crippen LogP contribution in [0.3, 0.4) is 0 Å². The molecule has 3 heteroatoms. The molecule has 0 saturated heterocycles. The first-order chi connectivity index (χ1) is 5.56. The molecule has 64 valence electrons. The van der Waals surface area contributed by atoms with Crippen LogP contribution in [-0.2, 0) is 0 Å². The van der Waals surface area contributed by atoms with Gasteiger partial charge in [-0.25, -0.2) is 0 Å². The molecule has 0 heterocycles. The first-order valence-electron chi connectivity index (χ1n) is 3.48. The number of terminal acetylenes is 1. The van der Waals surface area contributed by atoms with Crippen molar-refractivity contribution in [1.29, 1.82) is 0 Å². The van der Waals surface area contributed by atoms with Crippen LogP contribution < -0.4 is 0 Å². The van der Waals surface area contributed by atoms with Crippen molar-refractivity contribution >= 4 is 0 Å². The molecule has 0 spiro atoms. The average Bonchev–Trinajstić information content (AvgIpc) is 1.99. The zero-order chi connectivity index (χ0) is 9.56. The topological polar surface area (TPSA) is 43.1 Å². The van der Waals surface area contributed by atoms with Crippen molar-refractivity contribution in [3.8, 4) is 12.3 Å². The van der Waals surface area contributed by atoms with Crippen LogP contribution in [0.15, 0.2) is 23.3 Å². The van der Waals surface area contributed by atoms with Crippen molar-refractivity contribution in [1.82, 2.24) is 0 Å². The average molecular weight is 165 g/mol. The Morgan fingerprint density at radius 2 is 2.17 bits per heavy atom. The van der Waals surface area contributed by atoms with Crippen molar-refractivity contribution in [2.24, 2.45) is 0 Å². The fraction of sp³-hybridized carbons (Fsp3) is 0.333. The number of allylic oxidation sites excluding steroid dienone is 3. The van der Waals surface area contributed by atoms with Crippen molar-refractivity contribution in [2.75, 3.05) is 6.54 Å². The van der Waals surface area contributed by atoms with Crippen molar-refractivity contribution in [3.63, 3.8) is 0 Å². The smallest absolute Gasteiger partial charge is 0.225 e. The lowest BCUT2D eigenvalue weighted by molar-refractivity contribution is -0.470. The molecule has 0 aromatic rings. The standard InChI is InChI=1S/C9H11NO2/c1-4-8(2)5-6-9(3)7-10(11)12/h1,5-6H,7H2,2-3H3/b8-5-,9-6-. The van der Waals surface area contributed by atoms with Gasteiger partial charge >= 0.3 is 0 Å². The molecule has 0 rings (SSSR count). The third-order valence-electron chi connectivity index (χ3n) is 1.22. The predicted molar refractivity (Wildman–Crippen MR) is 48.2 cm³/mol. The van der Waals surface area contributed by atoms with Gasteiger partial charge in [0.2, 0.25) is 6.54 Å². The summed E-state index contributed by atoms with van der Waals surface area (Å²) in [5, 5.41) is 10.0. The van der Waals surface area contributed by atoms with Crippen molar-refractivity contribution in [2.45, 2.75) is 13.8 Å². The molecule has 0 aliphatic carbocycles. The van der Waals surface area contributed by atoms with Gasteiger partial charge in [0.15, 0.2) is 0 Å². The SMILES string of the molecule is C#C/C(C)=C\C=C(\C)C[N+](=O)[O-]. The quantitative estimate of drug-likeness (QED) is 0.277. The van der Waals surface area contributed by atoms with Gasteiger partial charge in [-0.15, -0.1) is 6.42 Å². The van der Waals surface area contributed by atoms with Crippen LogP contribution in [0, 0.1) is 22.5 Å². The van der Waals surface area contributed by atoms with Gasteiger partial charge in [-0.2, -0.15) is 0 Å². The second-order valence-electron chi connectivity index (χ2n) is 2.50. The van der Waals surface area contributed by atoms with Gasteiger partial charge in [-0.05, 0) is 25.0 Å². The normalized spacial score (nSPS) is 12.4. The molecule has 0 unspecified atom stereocenters. The molecular weight excluding hydrogens is 154 g/mol. The highest BCUT2D eigenvalue weighted by Crippen LogP contribution is 1.96. The van der Waals surface area contributed by atoms with E-state index in [-0.39, 0.29) is 11.5 Å². The van der Waals surface area contributed by atoms with E-state index >= 15 is 0 Å². The van der Waals surface area contributed by atoms with Gasteiger partial charge in [0.05, 0.1) is 0 Å². The summed E-state index contributed by atoms with van der Waals surface area (Å²) in [6.07, 6.45) is 8.44. The third-order valence-corrected chi connectivity index (χ3v) is 1.22. The summed E-state index contributed by atoms with van der Waals surface area (Å²) in [5.41, 5.74) is 1.45. The highest BCUT2D eigenvalue weighted by molar-refractivity contribution is 5.28. The van der Waals surface area contributed by atoms with Crippen LogP contribution in [0.5, 0.6) is 0 Å². The Morgan fingerprint density at radius 3 is 2.58 bits per heavy atom. The van der Waals surface area contributed by atoms with E-state index in [9.17, 15) is 10.1 Å². The number of nitro groups is 1. The molecule has 0 amide bonds. The second kappa shape index (κ2) is 5.14. The van der Waals surface area contributed by atoms with E-state index in [0.717, 1.165) is 5.57 Å². The fourth-order valence-corrected chi connectivity index (χ4v) is 0.572. The van der Waals surface area contributed by atoms with Gasteiger partial charge in [-0.3, -0.25) is 10.1 Å². The Balaban J connectivity index is 4.20. The molecule has 0 bridgehead atoms. The maximum absolute atomic E-state index is 10.0. The Bertz CT molecular complexity index is 269. The first-order valence-corrected chi connectivity index (χ1v) is 3.48. The van der Waals surface area contributed by atoms with Crippen LogP contribution in [0.4, 0.5) is 0 Å². The molecule has 0 aromatic heterocycles. The summed E-state index contributed by atoms with van der Waals surface area (Å²) in [7, 11) is 0. The summed E-state index contributed by atoms with van der Waals surface area (Å²) in [6, 6.07) is 0. The largest absolute Gasteiger partial charge is 0.264 e. The molecule has 0 aliphatic rings. The zero-order valence-electron chi connectivity index (χ0n) is 7.20. The number of rotatable bonds is 3. The maximum Gasteiger partial charge on any atom is 0.225 e. The molecule has 0 radical (unpaired) electrons.